The number of esters is 2. The van der Waals surface area contributed by atoms with E-state index < -0.39 is 23.6 Å². The predicted molar refractivity (Wildman–Crippen MR) is 109 cm³/mol. The molecule has 31 heavy (non-hydrogen) atoms. The van der Waals surface area contributed by atoms with E-state index in [0.717, 1.165) is 42.8 Å². The average Bonchev–Trinajstić information content (AvgIpc) is 3.29. The molecule has 0 N–H and O–H groups in total. The summed E-state index contributed by atoms with van der Waals surface area (Å²) in [7, 11) is 1.59. The number of nitrogens with zero attached hydrogens (tertiary/aromatic N) is 1. The quantitative estimate of drug-likeness (QED) is 0.660. The highest BCUT2D eigenvalue weighted by Gasteiger charge is 2.53. The van der Waals surface area contributed by atoms with Crippen molar-refractivity contribution in [3.05, 3.63) is 35.1 Å². The molecule has 1 aromatic carbocycles. The van der Waals surface area contributed by atoms with E-state index >= 15 is 0 Å². The fourth-order valence-electron chi connectivity index (χ4n) is 5.08. The van der Waals surface area contributed by atoms with Crippen molar-refractivity contribution in [1.29, 1.82) is 0 Å². The molecule has 3 aliphatic heterocycles. The minimum absolute atomic E-state index is 0.0195. The fourth-order valence-corrected chi connectivity index (χ4v) is 5.08. The van der Waals surface area contributed by atoms with E-state index in [0.29, 0.717) is 11.5 Å². The highest BCUT2D eigenvalue weighted by Crippen LogP contribution is 2.47. The van der Waals surface area contributed by atoms with Crippen LogP contribution in [0.2, 0.25) is 0 Å². The Morgan fingerprint density at radius 2 is 2.03 bits per heavy atom. The van der Waals surface area contributed by atoms with E-state index in [1.807, 2.05) is 12.1 Å². The van der Waals surface area contributed by atoms with Crippen LogP contribution < -0.4 is 9.47 Å². The second-order valence-corrected chi connectivity index (χ2v) is 8.69. The molecule has 0 radical (unpaired) electrons. The predicted octanol–water partition coefficient (Wildman–Crippen LogP) is 2.30. The number of carbonyl (C=O) groups excluding carboxylic acids is 2. The van der Waals surface area contributed by atoms with Gasteiger partial charge in [-0.25, -0.2) is 4.79 Å². The Balaban J connectivity index is 1.53. The number of carbonyl (C=O) groups is 2. The van der Waals surface area contributed by atoms with Crippen LogP contribution in [0.15, 0.2) is 24.0 Å². The lowest BCUT2D eigenvalue weighted by Crippen LogP contribution is -2.53. The van der Waals surface area contributed by atoms with Gasteiger partial charge in [0.2, 0.25) is 12.4 Å². The van der Waals surface area contributed by atoms with E-state index in [1.54, 1.807) is 14.0 Å². The van der Waals surface area contributed by atoms with Gasteiger partial charge in [-0.2, -0.15) is 0 Å². The summed E-state index contributed by atoms with van der Waals surface area (Å²) in [6.07, 6.45) is 3.35. The van der Waals surface area contributed by atoms with Gasteiger partial charge in [-0.3, -0.25) is 9.69 Å². The molecular weight excluding hydrogens is 402 g/mol. The molecule has 0 amide bonds. The standard InChI is InChI=1S/C23H27NO7/c1-4-6-24-7-5-13-8-16-17(29-12-28-16)9-14(13)20-15(24)10-18(27-3)21(20)30-22(26)23(2)11-19(25)31-23/h8-10,15,20-21H,4-7,11-12H2,1-3H3/t15-,20-,21+,23+/m0/s1. The lowest BCUT2D eigenvalue weighted by Gasteiger charge is -2.37. The summed E-state index contributed by atoms with van der Waals surface area (Å²) in [5.74, 6) is 0.972. The minimum atomic E-state index is -1.24. The summed E-state index contributed by atoms with van der Waals surface area (Å²) in [4.78, 5) is 26.7. The number of methoxy groups -OCH3 is 1. The molecule has 4 atom stereocenters. The van der Waals surface area contributed by atoms with Crippen molar-refractivity contribution in [1.82, 2.24) is 4.90 Å². The van der Waals surface area contributed by atoms with Crippen molar-refractivity contribution < 1.29 is 33.3 Å². The SMILES string of the molecule is CCCN1CCc2cc3c(cc2[C@@H]2[C@H](OC(=O)[C@@]4(C)CC(=O)O4)C(OC)=C[C@@H]21)OCO3. The van der Waals surface area contributed by atoms with Crippen molar-refractivity contribution in [2.75, 3.05) is 27.0 Å². The summed E-state index contributed by atoms with van der Waals surface area (Å²) in [5.41, 5.74) is 0.996. The number of ether oxygens (including phenoxy) is 5. The van der Waals surface area contributed by atoms with Crippen molar-refractivity contribution in [3.63, 3.8) is 0 Å². The van der Waals surface area contributed by atoms with Crippen molar-refractivity contribution in [2.24, 2.45) is 0 Å². The first-order valence-electron chi connectivity index (χ1n) is 10.8. The van der Waals surface area contributed by atoms with Crippen molar-refractivity contribution in [3.8, 4) is 11.5 Å². The summed E-state index contributed by atoms with van der Waals surface area (Å²) in [6.45, 7) is 5.75. The molecule has 0 bridgehead atoms. The van der Waals surface area contributed by atoms with Crippen molar-refractivity contribution in [2.45, 2.75) is 56.8 Å². The van der Waals surface area contributed by atoms with Gasteiger partial charge in [-0.15, -0.1) is 0 Å². The first-order chi connectivity index (χ1) is 14.9. The van der Waals surface area contributed by atoms with Gasteiger partial charge in [0, 0.05) is 18.5 Å². The molecule has 0 saturated carbocycles. The maximum Gasteiger partial charge on any atom is 0.351 e. The molecule has 1 aromatic rings. The molecule has 166 valence electrons. The van der Waals surface area contributed by atoms with Gasteiger partial charge in [0.1, 0.15) is 5.76 Å². The molecular formula is C23H27NO7. The third kappa shape index (κ3) is 3.24. The number of fused-ring (bicyclic) bond motifs is 4. The van der Waals surface area contributed by atoms with Gasteiger partial charge in [-0.05, 0) is 55.6 Å². The second kappa shape index (κ2) is 7.44. The van der Waals surface area contributed by atoms with Crippen LogP contribution in [-0.4, -0.2) is 61.6 Å². The Kier molecular flexibility index (Phi) is 4.84. The van der Waals surface area contributed by atoms with E-state index in [4.69, 9.17) is 23.7 Å². The van der Waals surface area contributed by atoms with Crippen LogP contribution in [0.3, 0.4) is 0 Å². The molecule has 0 spiro atoms. The minimum Gasteiger partial charge on any atom is -0.497 e. The lowest BCUT2D eigenvalue weighted by molar-refractivity contribution is -0.207. The van der Waals surface area contributed by atoms with Crippen LogP contribution in [0.4, 0.5) is 0 Å². The Hall–Kier alpha value is -2.74. The van der Waals surface area contributed by atoms with Gasteiger partial charge in [0.15, 0.2) is 17.6 Å². The summed E-state index contributed by atoms with van der Waals surface area (Å²) < 4.78 is 28.0. The van der Waals surface area contributed by atoms with Gasteiger partial charge in [0.25, 0.3) is 0 Å². The summed E-state index contributed by atoms with van der Waals surface area (Å²) in [6, 6.07) is 4.08. The Labute approximate surface area is 181 Å². The van der Waals surface area contributed by atoms with E-state index in [9.17, 15) is 9.59 Å². The van der Waals surface area contributed by atoms with E-state index in [2.05, 4.69) is 17.9 Å². The van der Waals surface area contributed by atoms with Crippen LogP contribution in [0, 0.1) is 0 Å². The normalized spacial score (nSPS) is 31.0. The number of benzene rings is 1. The second-order valence-electron chi connectivity index (χ2n) is 8.69. The maximum absolute atomic E-state index is 12.9. The number of hydrogen-bond donors (Lipinski definition) is 0. The van der Waals surface area contributed by atoms with Crippen LogP contribution in [0.1, 0.15) is 43.7 Å². The zero-order chi connectivity index (χ0) is 21.8. The largest absolute Gasteiger partial charge is 0.497 e. The molecule has 5 rings (SSSR count). The van der Waals surface area contributed by atoms with Crippen LogP contribution in [0.25, 0.3) is 0 Å². The van der Waals surface area contributed by atoms with Gasteiger partial charge in [0.05, 0.1) is 13.5 Å². The third-order valence-electron chi connectivity index (χ3n) is 6.63. The molecule has 8 nitrogen and oxygen atoms in total. The fraction of sp³-hybridized carbons (Fsp3) is 0.565. The van der Waals surface area contributed by atoms with Crippen molar-refractivity contribution >= 4 is 11.9 Å². The monoisotopic (exact) mass is 429 g/mol. The molecule has 0 unspecified atom stereocenters. The molecule has 3 heterocycles. The molecule has 4 aliphatic rings. The molecule has 8 heteroatoms. The molecule has 1 saturated heterocycles. The Morgan fingerprint density at radius 1 is 1.29 bits per heavy atom. The van der Waals surface area contributed by atoms with Gasteiger partial charge < -0.3 is 23.7 Å². The van der Waals surface area contributed by atoms with Crippen LogP contribution >= 0.6 is 0 Å². The molecule has 1 aliphatic carbocycles. The molecule has 0 aromatic heterocycles. The Morgan fingerprint density at radius 3 is 2.71 bits per heavy atom. The number of hydrogen-bond acceptors (Lipinski definition) is 8. The lowest BCUT2D eigenvalue weighted by atomic mass is 9.87. The first-order valence-corrected chi connectivity index (χ1v) is 10.8. The topological polar surface area (TPSA) is 83.5 Å². The van der Waals surface area contributed by atoms with E-state index in [1.165, 1.54) is 0 Å². The third-order valence-corrected chi connectivity index (χ3v) is 6.63. The smallest absolute Gasteiger partial charge is 0.351 e. The van der Waals surface area contributed by atoms with Gasteiger partial charge >= 0.3 is 11.9 Å². The van der Waals surface area contributed by atoms with Gasteiger partial charge in [-0.1, -0.05) is 6.92 Å². The Bertz CT molecular complexity index is 947. The average molecular weight is 429 g/mol. The maximum atomic E-state index is 12.9. The summed E-state index contributed by atoms with van der Waals surface area (Å²) >= 11 is 0. The van der Waals surface area contributed by atoms with Crippen LogP contribution in [-0.2, 0) is 30.2 Å². The number of rotatable bonds is 5. The molecule has 1 fully saturated rings. The zero-order valence-electron chi connectivity index (χ0n) is 18.0. The zero-order valence-corrected chi connectivity index (χ0v) is 18.0. The van der Waals surface area contributed by atoms with E-state index in [-0.39, 0.29) is 25.2 Å². The van der Waals surface area contributed by atoms with Crippen LogP contribution in [0.5, 0.6) is 11.5 Å². The highest BCUT2D eigenvalue weighted by molar-refractivity contribution is 5.93. The highest BCUT2D eigenvalue weighted by atomic mass is 16.7. The number of cyclic esters (lactones) is 1. The summed E-state index contributed by atoms with van der Waals surface area (Å²) in [5, 5.41) is 0. The first kappa shape index (κ1) is 20.2.